The molecule has 4 rings (SSSR count). The third kappa shape index (κ3) is 1.55. The van der Waals surface area contributed by atoms with Crippen LogP contribution in [-0.2, 0) is 0 Å². The third-order valence-electron chi connectivity index (χ3n) is 3.60. The average molecular weight is 262 g/mol. The fourth-order valence-corrected chi connectivity index (χ4v) is 2.58. The molecule has 0 radical (unpaired) electrons. The van der Waals surface area contributed by atoms with Crippen molar-refractivity contribution in [2.24, 2.45) is 0 Å². The Morgan fingerprint density at radius 3 is 2.80 bits per heavy atom. The molecule has 2 aromatic carbocycles. The van der Waals surface area contributed by atoms with Gasteiger partial charge in [-0.1, -0.05) is 24.3 Å². The summed E-state index contributed by atoms with van der Waals surface area (Å²) in [6.07, 6.45) is 3.96. The molecule has 0 amide bonds. The number of nitrogens with two attached hydrogens (primary N) is 1. The molecule has 0 unspecified atom stereocenters. The lowest BCUT2D eigenvalue weighted by molar-refractivity contribution is 1.02. The third-order valence-corrected chi connectivity index (χ3v) is 3.60. The van der Waals surface area contributed by atoms with E-state index in [9.17, 15) is 0 Å². The minimum absolute atomic E-state index is 0.793. The van der Waals surface area contributed by atoms with Gasteiger partial charge in [-0.05, 0) is 24.3 Å². The Hall–Kier alpha value is -2.88. The van der Waals surface area contributed by atoms with E-state index >= 15 is 0 Å². The molecule has 0 aliphatic heterocycles. The van der Waals surface area contributed by atoms with Crippen LogP contribution in [0.2, 0.25) is 0 Å². The molecule has 2 aromatic heterocycles. The summed E-state index contributed by atoms with van der Waals surface area (Å²) in [6.45, 7) is 0. The van der Waals surface area contributed by atoms with E-state index < -0.39 is 0 Å². The molecule has 2 heterocycles. The topological polar surface area (TPSA) is 58.8 Å². The zero-order valence-corrected chi connectivity index (χ0v) is 10.8. The number of hydrogen-bond acceptors (Lipinski definition) is 2. The summed E-state index contributed by atoms with van der Waals surface area (Å²) >= 11 is 0. The fraction of sp³-hybridized carbons (Fsp3) is 0. The number of para-hydroxylation sites is 1. The fourth-order valence-electron chi connectivity index (χ4n) is 2.58. The van der Waals surface area contributed by atoms with E-state index in [1.54, 1.807) is 0 Å². The zero-order chi connectivity index (χ0) is 13.5. The van der Waals surface area contributed by atoms with E-state index in [0.29, 0.717) is 0 Å². The molecular formula is C16H14N4. The molecule has 0 spiro atoms. The molecule has 0 aliphatic rings. The van der Waals surface area contributed by atoms with Gasteiger partial charge in [-0.2, -0.15) is 0 Å². The van der Waals surface area contributed by atoms with Gasteiger partial charge in [-0.3, -0.25) is 10.1 Å². The van der Waals surface area contributed by atoms with Crippen LogP contribution in [0.25, 0.3) is 21.8 Å². The number of rotatable bonds is 2. The molecule has 0 aliphatic carbocycles. The SMILES string of the molecule is Nc1cccc2c1ccn2Nc1c[nH]c2ccccc12. The Balaban J connectivity index is 1.83. The molecule has 0 saturated heterocycles. The standard InChI is InChI=1S/C16H14N4/c17-13-5-3-7-16-11(13)8-9-20(16)19-15-10-18-14-6-2-1-4-12(14)15/h1-10,18-19H,17H2. The monoisotopic (exact) mass is 262 g/mol. The van der Waals surface area contributed by atoms with Crippen molar-refractivity contribution in [2.75, 3.05) is 11.2 Å². The highest BCUT2D eigenvalue weighted by Gasteiger charge is 2.06. The number of nitrogen functional groups attached to an aromatic ring is 1. The van der Waals surface area contributed by atoms with Crippen LogP contribution >= 0.6 is 0 Å². The highest BCUT2D eigenvalue weighted by molar-refractivity contribution is 5.94. The van der Waals surface area contributed by atoms with E-state index in [1.807, 2.05) is 53.5 Å². The Bertz CT molecular complexity index is 901. The Kier molecular flexibility index (Phi) is 2.23. The van der Waals surface area contributed by atoms with Gasteiger partial charge in [0.25, 0.3) is 0 Å². The number of nitrogens with one attached hydrogen (secondary N) is 2. The number of benzene rings is 2. The number of fused-ring (bicyclic) bond motifs is 2. The van der Waals surface area contributed by atoms with Crippen molar-refractivity contribution in [1.82, 2.24) is 9.66 Å². The lowest BCUT2D eigenvalue weighted by Crippen LogP contribution is -2.06. The van der Waals surface area contributed by atoms with Crippen molar-refractivity contribution < 1.29 is 0 Å². The molecule has 20 heavy (non-hydrogen) atoms. The molecule has 4 aromatic rings. The molecule has 0 bridgehead atoms. The zero-order valence-electron chi connectivity index (χ0n) is 10.8. The predicted molar refractivity (Wildman–Crippen MR) is 83.7 cm³/mol. The second kappa shape index (κ2) is 4.06. The van der Waals surface area contributed by atoms with Crippen LogP contribution in [-0.4, -0.2) is 9.66 Å². The summed E-state index contributed by atoms with van der Waals surface area (Å²) in [5, 5.41) is 2.22. The predicted octanol–water partition coefficient (Wildman–Crippen LogP) is 3.58. The van der Waals surface area contributed by atoms with Crippen LogP contribution in [0.3, 0.4) is 0 Å². The number of aromatic amines is 1. The van der Waals surface area contributed by atoms with Gasteiger partial charge in [0.15, 0.2) is 0 Å². The van der Waals surface area contributed by atoms with Crippen LogP contribution in [0.1, 0.15) is 0 Å². The second-order valence-corrected chi connectivity index (χ2v) is 4.83. The van der Waals surface area contributed by atoms with Gasteiger partial charge in [0, 0.05) is 34.4 Å². The van der Waals surface area contributed by atoms with Crippen LogP contribution in [0.15, 0.2) is 60.9 Å². The van der Waals surface area contributed by atoms with Crippen molar-refractivity contribution in [2.45, 2.75) is 0 Å². The first-order valence-corrected chi connectivity index (χ1v) is 6.51. The maximum Gasteiger partial charge on any atom is 0.0799 e. The Morgan fingerprint density at radius 2 is 1.85 bits per heavy atom. The van der Waals surface area contributed by atoms with Crippen molar-refractivity contribution in [3.63, 3.8) is 0 Å². The van der Waals surface area contributed by atoms with Gasteiger partial charge in [-0.15, -0.1) is 0 Å². The van der Waals surface area contributed by atoms with Gasteiger partial charge in [0.05, 0.1) is 11.2 Å². The van der Waals surface area contributed by atoms with Crippen LogP contribution in [0.5, 0.6) is 0 Å². The summed E-state index contributed by atoms with van der Waals surface area (Å²) in [5.74, 6) is 0. The van der Waals surface area contributed by atoms with Crippen LogP contribution in [0, 0.1) is 0 Å². The van der Waals surface area contributed by atoms with Crippen LogP contribution < -0.4 is 11.2 Å². The first kappa shape index (κ1) is 11.0. The molecule has 0 saturated carbocycles. The van der Waals surface area contributed by atoms with Gasteiger partial charge < -0.3 is 10.7 Å². The van der Waals surface area contributed by atoms with Gasteiger partial charge in [0.2, 0.25) is 0 Å². The van der Waals surface area contributed by atoms with E-state index in [0.717, 1.165) is 27.8 Å². The summed E-state index contributed by atoms with van der Waals surface area (Å²) in [4.78, 5) is 3.26. The lowest BCUT2D eigenvalue weighted by atomic mass is 10.2. The molecule has 4 heteroatoms. The maximum atomic E-state index is 5.99. The van der Waals surface area contributed by atoms with Gasteiger partial charge in [-0.25, -0.2) is 0 Å². The molecule has 4 nitrogen and oxygen atoms in total. The highest BCUT2D eigenvalue weighted by atomic mass is 15.4. The maximum absolute atomic E-state index is 5.99. The summed E-state index contributed by atoms with van der Waals surface area (Å²) in [6, 6.07) is 16.2. The number of H-pyrrole nitrogens is 1. The van der Waals surface area contributed by atoms with E-state index in [1.165, 1.54) is 5.39 Å². The van der Waals surface area contributed by atoms with Crippen LogP contribution in [0.4, 0.5) is 11.4 Å². The minimum Gasteiger partial charge on any atom is -0.398 e. The van der Waals surface area contributed by atoms with Crippen molar-refractivity contribution in [3.8, 4) is 0 Å². The van der Waals surface area contributed by atoms with Crippen molar-refractivity contribution in [3.05, 3.63) is 60.9 Å². The van der Waals surface area contributed by atoms with Crippen molar-refractivity contribution in [1.29, 1.82) is 0 Å². The molecule has 4 N–H and O–H groups in total. The number of aromatic nitrogens is 2. The molecule has 0 fully saturated rings. The van der Waals surface area contributed by atoms with E-state index in [2.05, 4.69) is 22.5 Å². The summed E-state index contributed by atoms with van der Waals surface area (Å²) < 4.78 is 1.99. The van der Waals surface area contributed by atoms with Gasteiger partial charge >= 0.3 is 0 Å². The van der Waals surface area contributed by atoms with Gasteiger partial charge in [0.1, 0.15) is 0 Å². The first-order chi connectivity index (χ1) is 9.83. The lowest BCUT2D eigenvalue weighted by Gasteiger charge is -2.08. The number of anilines is 2. The molecule has 98 valence electrons. The summed E-state index contributed by atoms with van der Waals surface area (Å²) in [7, 11) is 0. The smallest absolute Gasteiger partial charge is 0.0799 e. The number of hydrogen-bond donors (Lipinski definition) is 3. The average Bonchev–Trinajstić information content (AvgIpc) is 3.06. The summed E-state index contributed by atoms with van der Waals surface area (Å²) in [5.41, 5.74) is 13.4. The normalized spacial score (nSPS) is 11.2. The van der Waals surface area contributed by atoms with E-state index in [4.69, 9.17) is 5.73 Å². The van der Waals surface area contributed by atoms with E-state index in [-0.39, 0.29) is 0 Å². The first-order valence-electron chi connectivity index (χ1n) is 6.51. The Morgan fingerprint density at radius 1 is 0.950 bits per heavy atom. The minimum atomic E-state index is 0.793. The quantitative estimate of drug-likeness (QED) is 0.484. The number of nitrogens with zero attached hydrogens (tertiary/aromatic N) is 1. The highest BCUT2D eigenvalue weighted by Crippen LogP contribution is 2.26. The molecule has 0 atom stereocenters. The second-order valence-electron chi connectivity index (χ2n) is 4.83. The Labute approximate surface area is 115 Å². The largest absolute Gasteiger partial charge is 0.398 e. The molecular weight excluding hydrogens is 248 g/mol. The van der Waals surface area contributed by atoms with Crippen molar-refractivity contribution >= 4 is 33.2 Å².